The van der Waals surface area contributed by atoms with Crippen molar-refractivity contribution in [1.29, 1.82) is 0 Å². The third kappa shape index (κ3) is 5.29. The Morgan fingerprint density at radius 3 is 2.94 bits per heavy atom. The molecule has 96 valence electrons. The summed E-state index contributed by atoms with van der Waals surface area (Å²) in [5, 5.41) is 0.362. The maximum absolute atomic E-state index is 11.4. The van der Waals surface area contributed by atoms with Crippen LogP contribution in [0.25, 0.3) is 0 Å². The van der Waals surface area contributed by atoms with Gasteiger partial charge in [-0.25, -0.2) is 0 Å². The van der Waals surface area contributed by atoms with E-state index in [4.69, 9.17) is 27.9 Å². The quantitative estimate of drug-likeness (QED) is 0.617. The van der Waals surface area contributed by atoms with E-state index < -0.39 is 0 Å². The minimum atomic E-state index is -0.264. The molecule has 1 heterocycles. The molecule has 0 fully saturated rings. The highest BCUT2D eigenvalue weighted by Gasteiger charge is 2.13. The number of hydrogen-bond donors (Lipinski definition) is 0. The van der Waals surface area contributed by atoms with Gasteiger partial charge in [-0.05, 0) is 0 Å². The summed E-state index contributed by atoms with van der Waals surface area (Å²) >= 11 is 13.3. The van der Waals surface area contributed by atoms with Crippen molar-refractivity contribution in [3.63, 3.8) is 0 Å². The number of amides is 1. The fourth-order valence-corrected chi connectivity index (χ4v) is 2.06. The van der Waals surface area contributed by atoms with Crippen molar-refractivity contribution in [2.24, 2.45) is 0 Å². The fourth-order valence-electron chi connectivity index (χ4n) is 0.673. The van der Waals surface area contributed by atoms with Gasteiger partial charge >= 0.3 is 0 Å². The van der Waals surface area contributed by atoms with Crippen LogP contribution in [0.5, 0.6) is 5.19 Å². The van der Waals surface area contributed by atoms with E-state index >= 15 is 0 Å². The molecule has 0 radical (unpaired) electrons. The number of rotatable bonds is 5. The largest absolute Gasteiger partial charge is 0.467 e. The van der Waals surface area contributed by atoms with E-state index in [-0.39, 0.29) is 17.2 Å². The van der Waals surface area contributed by atoms with Crippen LogP contribution in [0, 0.1) is 0 Å². The van der Waals surface area contributed by atoms with Gasteiger partial charge in [-0.2, -0.15) is 9.36 Å². The normalized spacial score (nSPS) is 12.2. The highest BCUT2D eigenvalue weighted by molar-refractivity contribution is 8.13. The molecule has 0 saturated carbocycles. The van der Waals surface area contributed by atoms with Crippen molar-refractivity contribution >= 4 is 51.7 Å². The number of carbonyl (C=O) groups excluding carboxylic acids is 1. The van der Waals surface area contributed by atoms with Gasteiger partial charge in [0.15, 0.2) is 0 Å². The number of hydrogen-bond acceptors (Lipinski definition) is 6. The van der Waals surface area contributed by atoms with Crippen LogP contribution in [0.1, 0.15) is 0 Å². The smallest absolute Gasteiger partial charge is 0.294 e. The van der Waals surface area contributed by atoms with Crippen LogP contribution in [-0.2, 0) is 0 Å². The van der Waals surface area contributed by atoms with Gasteiger partial charge in [-0.1, -0.05) is 0 Å². The van der Waals surface area contributed by atoms with Crippen LogP contribution in [-0.4, -0.2) is 51.5 Å². The van der Waals surface area contributed by atoms with Gasteiger partial charge in [-0.3, -0.25) is 4.79 Å². The second-order valence-electron chi connectivity index (χ2n) is 3.17. The Balaban J connectivity index is 2.45. The molecule has 1 aromatic heterocycles. The SMILES string of the molecule is CN(C)C(=O)Sc1nsc(OCC(Cl)CCl)n1. The molecule has 1 rings (SSSR count). The van der Waals surface area contributed by atoms with Gasteiger partial charge in [0.2, 0.25) is 5.16 Å². The number of nitrogens with zero attached hydrogens (tertiary/aromatic N) is 3. The maximum atomic E-state index is 11.4. The number of thioether (sulfide) groups is 1. The molecule has 1 atom stereocenters. The van der Waals surface area contributed by atoms with E-state index in [9.17, 15) is 4.79 Å². The number of halogens is 2. The van der Waals surface area contributed by atoms with Gasteiger partial charge in [0.1, 0.15) is 6.61 Å². The Morgan fingerprint density at radius 2 is 2.35 bits per heavy atom. The molecular weight excluding hydrogens is 305 g/mol. The molecule has 5 nitrogen and oxygen atoms in total. The van der Waals surface area contributed by atoms with E-state index in [1.807, 2.05) is 0 Å². The third-order valence-electron chi connectivity index (χ3n) is 1.49. The number of ether oxygens (including phenoxy) is 1. The van der Waals surface area contributed by atoms with E-state index in [1.165, 1.54) is 4.90 Å². The lowest BCUT2D eigenvalue weighted by Gasteiger charge is -2.06. The Kier molecular flexibility index (Phi) is 6.32. The molecule has 1 amide bonds. The first kappa shape index (κ1) is 14.8. The van der Waals surface area contributed by atoms with Gasteiger partial charge in [0.25, 0.3) is 10.4 Å². The first-order valence-corrected chi connectivity index (χ1v) is 7.14. The zero-order valence-corrected chi connectivity index (χ0v) is 12.4. The summed E-state index contributed by atoms with van der Waals surface area (Å²) in [5.74, 6) is 0.307. The fraction of sp³-hybridized carbons (Fsp3) is 0.625. The van der Waals surface area contributed by atoms with Crippen LogP contribution in [0.15, 0.2) is 5.16 Å². The number of aromatic nitrogens is 2. The summed E-state index contributed by atoms with van der Waals surface area (Å²) in [6.07, 6.45) is 0. The highest BCUT2D eigenvalue weighted by atomic mass is 35.5. The molecule has 9 heteroatoms. The lowest BCUT2D eigenvalue weighted by molar-refractivity contribution is 0.241. The molecule has 0 aliphatic rings. The molecule has 0 spiro atoms. The highest BCUT2D eigenvalue weighted by Crippen LogP contribution is 2.23. The second kappa shape index (κ2) is 7.25. The average molecular weight is 316 g/mol. The summed E-state index contributed by atoms with van der Waals surface area (Å²) in [5.41, 5.74) is 0. The lowest BCUT2D eigenvalue weighted by atomic mass is 10.5. The van der Waals surface area contributed by atoms with Gasteiger partial charge in [0.05, 0.1) is 5.38 Å². The van der Waals surface area contributed by atoms with Crippen LogP contribution < -0.4 is 4.74 Å². The molecule has 1 aromatic rings. The van der Waals surface area contributed by atoms with E-state index in [1.54, 1.807) is 14.1 Å². The van der Waals surface area contributed by atoms with E-state index in [0.717, 1.165) is 23.3 Å². The number of carbonyl (C=O) groups is 1. The Hall–Kier alpha value is -0.240. The van der Waals surface area contributed by atoms with Crippen LogP contribution in [0.4, 0.5) is 4.79 Å². The van der Waals surface area contributed by atoms with Crippen molar-refractivity contribution < 1.29 is 9.53 Å². The third-order valence-corrected chi connectivity index (χ3v) is 3.95. The van der Waals surface area contributed by atoms with Gasteiger partial charge < -0.3 is 9.64 Å². The van der Waals surface area contributed by atoms with Crippen molar-refractivity contribution in [3.05, 3.63) is 0 Å². The zero-order chi connectivity index (χ0) is 12.8. The number of alkyl halides is 2. The van der Waals surface area contributed by atoms with Crippen molar-refractivity contribution in [2.45, 2.75) is 10.5 Å². The summed E-state index contributed by atoms with van der Waals surface area (Å²) in [4.78, 5) is 16.9. The Morgan fingerprint density at radius 1 is 1.65 bits per heavy atom. The monoisotopic (exact) mass is 315 g/mol. The lowest BCUT2D eigenvalue weighted by Crippen LogP contribution is -2.16. The maximum Gasteiger partial charge on any atom is 0.294 e. The van der Waals surface area contributed by atoms with Crippen molar-refractivity contribution in [2.75, 3.05) is 26.6 Å². The van der Waals surface area contributed by atoms with E-state index in [0.29, 0.717) is 16.2 Å². The molecule has 0 aliphatic carbocycles. The predicted octanol–water partition coefficient (Wildman–Crippen LogP) is 2.54. The van der Waals surface area contributed by atoms with Gasteiger partial charge in [0, 0.05) is 43.3 Å². The predicted molar refractivity (Wildman–Crippen MR) is 70.7 cm³/mol. The van der Waals surface area contributed by atoms with Gasteiger partial charge in [-0.15, -0.1) is 23.2 Å². The molecule has 0 aromatic carbocycles. The minimum Gasteiger partial charge on any atom is -0.467 e. The van der Waals surface area contributed by atoms with Crippen LogP contribution in [0.2, 0.25) is 0 Å². The molecule has 0 bridgehead atoms. The summed E-state index contributed by atoms with van der Waals surface area (Å²) < 4.78 is 9.26. The average Bonchev–Trinajstić information content (AvgIpc) is 2.73. The van der Waals surface area contributed by atoms with E-state index in [2.05, 4.69) is 9.36 Å². The Bertz CT molecular complexity index is 375. The first-order valence-electron chi connectivity index (χ1n) is 4.58. The molecule has 1 unspecified atom stereocenters. The van der Waals surface area contributed by atoms with Crippen LogP contribution in [0.3, 0.4) is 0 Å². The molecule has 0 saturated heterocycles. The second-order valence-corrected chi connectivity index (χ2v) is 5.73. The first-order chi connectivity index (χ1) is 8.02. The Labute approximate surface area is 118 Å². The molecule has 0 aliphatic heterocycles. The minimum absolute atomic E-state index is 0.134. The summed E-state index contributed by atoms with van der Waals surface area (Å²) in [6.45, 7) is 0.270. The standard InChI is InChI=1S/C8H11Cl2N3O2S2/c1-13(2)8(14)16-6-11-7(17-12-6)15-4-5(10)3-9/h5H,3-4H2,1-2H3. The summed E-state index contributed by atoms with van der Waals surface area (Å²) in [6, 6.07) is 0. The topological polar surface area (TPSA) is 55.3 Å². The molecule has 0 N–H and O–H groups in total. The van der Waals surface area contributed by atoms with Crippen molar-refractivity contribution in [3.8, 4) is 5.19 Å². The summed E-state index contributed by atoms with van der Waals surface area (Å²) in [7, 11) is 3.33. The molecular formula is C8H11Cl2N3O2S2. The van der Waals surface area contributed by atoms with Crippen LogP contribution >= 0.6 is 46.5 Å². The molecule has 17 heavy (non-hydrogen) atoms. The zero-order valence-electron chi connectivity index (χ0n) is 9.22. The van der Waals surface area contributed by atoms with Crippen molar-refractivity contribution in [1.82, 2.24) is 14.3 Å².